The van der Waals surface area contributed by atoms with Crippen molar-refractivity contribution in [1.82, 2.24) is 4.57 Å². The molecule has 43 heavy (non-hydrogen) atoms. The number of benzene rings is 3. The van der Waals surface area contributed by atoms with E-state index in [-0.39, 0.29) is 29.4 Å². The number of rotatable bonds is 9. The zero-order chi connectivity index (χ0) is 30.7. The van der Waals surface area contributed by atoms with E-state index in [1.54, 1.807) is 63.4 Å². The molecule has 0 amide bonds. The molecule has 0 fully saturated rings. The maximum Gasteiger partial charge on any atom is 0.338 e. The summed E-state index contributed by atoms with van der Waals surface area (Å²) in [4.78, 5) is 32.0. The van der Waals surface area contributed by atoms with E-state index in [9.17, 15) is 14.0 Å². The summed E-state index contributed by atoms with van der Waals surface area (Å²) in [5, 5.41) is 0.264. The van der Waals surface area contributed by atoms with Crippen LogP contribution in [0.25, 0.3) is 6.08 Å². The number of fused-ring (bicyclic) bond motifs is 1. The van der Waals surface area contributed by atoms with E-state index in [2.05, 4.69) is 4.99 Å². The summed E-state index contributed by atoms with van der Waals surface area (Å²) >= 11 is 7.34. The van der Waals surface area contributed by atoms with E-state index < -0.39 is 17.8 Å². The molecule has 2 heterocycles. The van der Waals surface area contributed by atoms with Crippen LogP contribution in [0.15, 0.2) is 81.7 Å². The predicted molar refractivity (Wildman–Crippen MR) is 162 cm³/mol. The number of hydrogen-bond acceptors (Lipinski definition) is 8. The average molecular weight is 623 g/mol. The molecule has 3 aromatic carbocycles. The van der Waals surface area contributed by atoms with Gasteiger partial charge in [-0.1, -0.05) is 47.2 Å². The first kappa shape index (κ1) is 30.1. The number of thiazole rings is 1. The molecule has 5 rings (SSSR count). The highest BCUT2D eigenvalue weighted by Gasteiger charge is 2.33. The van der Waals surface area contributed by atoms with Gasteiger partial charge in [0.25, 0.3) is 5.56 Å². The molecular weight excluding hydrogens is 595 g/mol. The van der Waals surface area contributed by atoms with Crippen LogP contribution < -0.4 is 29.1 Å². The third-order valence-electron chi connectivity index (χ3n) is 6.87. The molecule has 1 aliphatic rings. The van der Waals surface area contributed by atoms with Crippen molar-refractivity contribution in [2.45, 2.75) is 26.5 Å². The summed E-state index contributed by atoms with van der Waals surface area (Å²) in [5.41, 5.74) is 2.08. The van der Waals surface area contributed by atoms with E-state index in [0.717, 1.165) is 0 Å². The Labute approximate surface area is 255 Å². The predicted octanol–water partition coefficient (Wildman–Crippen LogP) is 5.19. The first-order valence-corrected chi connectivity index (χ1v) is 14.5. The monoisotopic (exact) mass is 622 g/mol. The van der Waals surface area contributed by atoms with Gasteiger partial charge in [0.1, 0.15) is 18.2 Å². The Bertz CT molecular complexity index is 1880. The molecule has 0 N–H and O–H groups in total. The summed E-state index contributed by atoms with van der Waals surface area (Å²) in [6.45, 7) is 3.56. The van der Waals surface area contributed by atoms with Gasteiger partial charge in [0.05, 0.1) is 47.7 Å². The average Bonchev–Trinajstić information content (AvgIpc) is 3.30. The highest BCUT2D eigenvalue weighted by Crippen LogP contribution is 2.32. The zero-order valence-electron chi connectivity index (χ0n) is 23.9. The number of hydrogen-bond donors (Lipinski definition) is 0. The van der Waals surface area contributed by atoms with Crippen LogP contribution in [0.2, 0.25) is 5.02 Å². The maximum absolute atomic E-state index is 14.2. The number of ether oxygens (including phenoxy) is 4. The van der Waals surface area contributed by atoms with Crippen LogP contribution in [-0.4, -0.2) is 31.4 Å². The topological polar surface area (TPSA) is 88.4 Å². The number of halogens is 2. The molecule has 0 bridgehead atoms. The lowest BCUT2D eigenvalue weighted by Gasteiger charge is -2.24. The lowest BCUT2D eigenvalue weighted by molar-refractivity contribution is -0.139. The lowest BCUT2D eigenvalue weighted by atomic mass is 9.96. The molecular formula is C32H28ClFN2O6S. The molecule has 0 saturated heterocycles. The Morgan fingerprint density at radius 2 is 1.86 bits per heavy atom. The van der Waals surface area contributed by atoms with Crippen molar-refractivity contribution >= 4 is 35.0 Å². The molecule has 8 nitrogen and oxygen atoms in total. The molecule has 222 valence electrons. The van der Waals surface area contributed by atoms with Crippen molar-refractivity contribution in [3.8, 4) is 17.2 Å². The summed E-state index contributed by atoms with van der Waals surface area (Å²) in [5.74, 6) is 0.427. The highest BCUT2D eigenvalue weighted by molar-refractivity contribution is 7.07. The Morgan fingerprint density at radius 1 is 1.09 bits per heavy atom. The van der Waals surface area contributed by atoms with Crippen molar-refractivity contribution in [3.63, 3.8) is 0 Å². The first-order valence-electron chi connectivity index (χ1n) is 13.3. The van der Waals surface area contributed by atoms with Crippen molar-refractivity contribution in [1.29, 1.82) is 0 Å². The molecule has 0 spiro atoms. The second kappa shape index (κ2) is 12.8. The highest BCUT2D eigenvalue weighted by atomic mass is 35.5. The SMILES string of the molecule is CCOC(=O)C1=C(C)N=c2sc(=Cc3ccc(OCc4c(F)cccc4Cl)c(OC)c3)c(=O)n2C1c1ccc(OC)cc1. The van der Waals surface area contributed by atoms with Crippen LogP contribution in [0.3, 0.4) is 0 Å². The number of carbonyl (C=O) groups is 1. The van der Waals surface area contributed by atoms with Gasteiger partial charge in [-0.05, 0) is 67.4 Å². The van der Waals surface area contributed by atoms with E-state index in [0.29, 0.717) is 49.0 Å². The van der Waals surface area contributed by atoms with Crippen LogP contribution in [0.5, 0.6) is 17.2 Å². The Morgan fingerprint density at radius 3 is 2.53 bits per heavy atom. The third kappa shape index (κ3) is 6.07. The lowest BCUT2D eigenvalue weighted by Crippen LogP contribution is -2.39. The molecule has 4 aromatic rings. The van der Waals surface area contributed by atoms with Gasteiger partial charge in [-0.2, -0.15) is 0 Å². The van der Waals surface area contributed by atoms with Gasteiger partial charge >= 0.3 is 5.97 Å². The van der Waals surface area contributed by atoms with Gasteiger partial charge in [0, 0.05) is 5.56 Å². The molecule has 0 radical (unpaired) electrons. The molecule has 11 heteroatoms. The number of carbonyl (C=O) groups excluding carboxylic acids is 1. The van der Waals surface area contributed by atoms with E-state index >= 15 is 0 Å². The van der Waals surface area contributed by atoms with Crippen molar-refractivity contribution in [2.75, 3.05) is 20.8 Å². The second-order valence-corrected chi connectivity index (χ2v) is 10.9. The van der Waals surface area contributed by atoms with Crippen LogP contribution in [0.4, 0.5) is 4.39 Å². The quantitative estimate of drug-likeness (QED) is 0.239. The number of esters is 1. The van der Waals surface area contributed by atoms with Gasteiger partial charge in [0.2, 0.25) is 0 Å². The molecule has 0 saturated carbocycles. The fraction of sp³-hybridized carbons (Fsp3) is 0.219. The summed E-state index contributed by atoms with van der Waals surface area (Å²) in [6.07, 6.45) is 1.72. The molecule has 1 aromatic heterocycles. The minimum Gasteiger partial charge on any atom is -0.497 e. The van der Waals surface area contributed by atoms with Gasteiger partial charge < -0.3 is 18.9 Å². The largest absolute Gasteiger partial charge is 0.497 e. The molecule has 0 aliphatic carbocycles. The van der Waals surface area contributed by atoms with E-state index in [4.69, 9.17) is 30.5 Å². The Balaban J connectivity index is 1.54. The molecule has 1 aliphatic heterocycles. The van der Waals surface area contributed by atoms with Crippen LogP contribution in [0, 0.1) is 5.82 Å². The van der Waals surface area contributed by atoms with Gasteiger partial charge in [-0.3, -0.25) is 9.36 Å². The van der Waals surface area contributed by atoms with Crippen LogP contribution >= 0.6 is 22.9 Å². The van der Waals surface area contributed by atoms with Crippen molar-refractivity contribution < 1.29 is 28.1 Å². The maximum atomic E-state index is 14.2. The number of aromatic nitrogens is 1. The zero-order valence-corrected chi connectivity index (χ0v) is 25.4. The molecule has 1 atom stereocenters. The van der Waals surface area contributed by atoms with Gasteiger partial charge in [-0.15, -0.1) is 0 Å². The fourth-order valence-corrected chi connectivity index (χ4v) is 6.02. The number of nitrogens with zero attached hydrogens (tertiary/aromatic N) is 2. The molecule has 1 unspecified atom stereocenters. The minimum atomic E-state index is -0.737. The normalized spacial score (nSPS) is 14.7. The van der Waals surface area contributed by atoms with Crippen molar-refractivity contribution in [3.05, 3.63) is 119 Å². The number of methoxy groups -OCH3 is 2. The van der Waals surface area contributed by atoms with E-state index in [1.807, 2.05) is 12.1 Å². The standard InChI is InChI=1S/C32H28ClFN2O6S/c1-5-41-31(38)28-18(2)35-32-36(29(28)20-10-12-21(39-3)13-11-20)30(37)27(43-32)16-19-9-14-25(26(15-19)40-4)42-17-22-23(33)7-6-8-24(22)34/h6-16,29H,5,17H2,1-4H3. The Kier molecular flexibility index (Phi) is 8.98. The van der Waals surface area contributed by atoms with E-state index in [1.165, 1.54) is 35.1 Å². The summed E-state index contributed by atoms with van der Waals surface area (Å²) in [7, 11) is 3.06. The Hall–Kier alpha value is -4.41. The van der Waals surface area contributed by atoms with Crippen LogP contribution in [-0.2, 0) is 16.1 Å². The smallest absolute Gasteiger partial charge is 0.338 e. The second-order valence-electron chi connectivity index (χ2n) is 9.47. The summed E-state index contributed by atoms with van der Waals surface area (Å²) < 4.78 is 38.1. The fourth-order valence-electron chi connectivity index (χ4n) is 4.76. The first-order chi connectivity index (χ1) is 20.7. The number of allylic oxidation sites excluding steroid dienone is 1. The third-order valence-corrected chi connectivity index (χ3v) is 8.20. The van der Waals surface area contributed by atoms with Crippen LogP contribution in [0.1, 0.15) is 36.6 Å². The van der Waals surface area contributed by atoms with Gasteiger partial charge in [-0.25, -0.2) is 14.2 Å². The van der Waals surface area contributed by atoms with Gasteiger partial charge in [0.15, 0.2) is 16.3 Å². The minimum absolute atomic E-state index is 0.0900. The van der Waals surface area contributed by atoms with Crippen molar-refractivity contribution in [2.24, 2.45) is 4.99 Å². The summed E-state index contributed by atoms with van der Waals surface area (Å²) in [6, 6.07) is 16.0.